The Morgan fingerprint density at radius 3 is 1.58 bits per heavy atom. The Morgan fingerprint density at radius 2 is 1.21 bits per heavy atom. The van der Waals surface area contributed by atoms with Crippen LogP contribution >= 0.6 is 0 Å². The molecular formula is C18H37N4O2. The summed E-state index contributed by atoms with van der Waals surface area (Å²) in [5.74, 6) is 0. The molecule has 141 valence electrons. The SMILES string of the molecule is CC1(C)CC(N)(ON2C(C)(C)CC(N)CC2(C)C)CC(C)(C)N1[O]. The lowest BCUT2D eigenvalue weighted by atomic mass is 9.76. The van der Waals surface area contributed by atoms with Gasteiger partial charge in [0, 0.05) is 41.0 Å². The third-order valence-corrected chi connectivity index (χ3v) is 5.46. The molecule has 6 heteroatoms. The highest BCUT2D eigenvalue weighted by Crippen LogP contribution is 2.46. The van der Waals surface area contributed by atoms with Gasteiger partial charge in [0.05, 0.1) is 0 Å². The summed E-state index contributed by atoms with van der Waals surface area (Å²) in [6.07, 6.45) is 2.68. The fourth-order valence-corrected chi connectivity index (χ4v) is 5.32. The number of rotatable bonds is 2. The van der Waals surface area contributed by atoms with Crippen molar-refractivity contribution >= 4 is 0 Å². The summed E-state index contributed by atoms with van der Waals surface area (Å²) in [6.45, 7) is 16.4. The van der Waals surface area contributed by atoms with E-state index in [1.54, 1.807) is 0 Å². The molecule has 2 fully saturated rings. The zero-order valence-corrected chi connectivity index (χ0v) is 16.8. The summed E-state index contributed by atoms with van der Waals surface area (Å²) in [5.41, 5.74) is 10.5. The second-order valence-corrected chi connectivity index (χ2v) is 10.5. The standard InChI is InChI=1S/C18H37N4O2/c1-14(2)9-13(19)10-15(3,4)22(14)24-18(20)11-16(5,6)21(23)17(7,8)12-18/h13H,9-12,19-20H2,1-8H3. The summed E-state index contributed by atoms with van der Waals surface area (Å²) in [4.78, 5) is 6.51. The lowest BCUT2D eigenvalue weighted by molar-refractivity contribution is -0.381. The number of hydrogen-bond donors (Lipinski definition) is 2. The van der Waals surface area contributed by atoms with Crippen LogP contribution in [-0.2, 0) is 10.0 Å². The summed E-state index contributed by atoms with van der Waals surface area (Å²) < 4.78 is 0. The van der Waals surface area contributed by atoms with Gasteiger partial charge in [0.15, 0.2) is 0 Å². The van der Waals surface area contributed by atoms with Crippen molar-refractivity contribution in [3.63, 3.8) is 0 Å². The fourth-order valence-electron chi connectivity index (χ4n) is 5.32. The van der Waals surface area contributed by atoms with Gasteiger partial charge in [0.25, 0.3) is 0 Å². The molecule has 0 aliphatic carbocycles. The van der Waals surface area contributed by atoms with Crippen LogP contribution in [0.25, 0.3) is 0 Å². The van der Waals surface area contributed by atoms with Gasteiger partial charge < -0.3 is 11.5 Å². The first-order valence-corrected chi connectivity index (χ1v) is 9.02. The van der Waals surface area contributed by atoms with Crippen LogP contribution in [-0.4, -0.2) is 44.0 Å². The number of hydrogen-bond acceptors (Lipinski definition) is 5. The maximum absolute atomic E-state index is 12.6. The smallest absolute Gasteiger partial charge is 0.141 e. The first-order valence-electron chi connectivity index (χ1n) is 9.02. The highest BCUT2D eigenvalue weighted by molar-refractivity contribution is 5.04. The van der Waals surface area contributed by atoms with Crippen molar-refractivity contribution in [3.8, 4) is 0 Å². The molecule has 24 heavy (non-hydrogen) atoms. The lowest BCUT2D eigenvalue weighted by Gasteiger charge is -2.59. The fraction of sp³-hybridized carbons (Fsp3) is 1.00. The van der Waals surface area contributed by atoms with Gasteiger partial charge in [-0.05, 0) is 68.2 Å². The summed E-state index contributed by atoms with van der Waals surface area (Å²) in [6, 6.07) is 0.153. The quantitative estimate of drug-likeness (QED) is 0.754. The normalized spacial score (nSPS) is 32.6. The second kappa shape index (κ2) is 5.63. The average molecular weight is 342 g/mol. The van der Waals surface area contributed by atoms with Gasteiger partial charge in [-0.3, -0.25) is 4.84 Å². The molecule has 2 aliphatic rings. The molecule has 0 saturated carbocycles. The van der Waals surface area contributed by atoms with Crippen LogP contribution < -0.4 is 11.5 Å². The number of piperidine rings is 2. The molecule has 0 bridgehead atoms. The molecule has 0 aromatic rings. The number of nitrogens with zero attached hydrogens (tertiary/aromatic N) is 2. The first-order chi connectivity index (χ1) is 10.5. The van der Waals surface area contributed by atoms with E-state index < -0.39 is 16.8 Å². The van der Waals surface area contributed by atoms with Crippen LogP contribution in [0, 0.1) is 0 Å². The summed E-state index contributed by atoms with van der Waals surface area (Å²) in [7, 11) is 0. The van der Waals surface area contributed by atoms with Crippen LogP contribution in [0.15, 0.2) is 0 Å². The zero-order valence-electron chi connectivity index (χ0n) is 16.8. The Labute approximate surface area is 147 Å². The van der Waals surface area contributed by atoms with Gasteiger partial charge in [-0.2, -0.15) is 5.06 Å². The summed E-state index contributed by atoms with van der Waals surface area (Å²) >= 11 is 0. The molecule has 0 atom stereocenters. The minimum atomic E-state index is -0.871. The van der Waals surface area contributed by atoms with Gasteiger partial charge >= 0.3 is 0 Å². The van der Waals surface area contributed by atoms with Crippen LogP contribution in [0.1, 0.15) is 81.1 Å². The first kappa shape index (κ1) is 20.1. The third kappa shape index (κ3) is 3.64. The van der Waals surface area contributed by atoms with Crippen molar-refractivity contribution in [2.45, 2.75) is 115 Å². The van der Waals surface area contributed by atoms with Crippen molar-refractivity contribution in [1.29, 1.82) is 0 Å². The Hall–Kier alpha value is -0.240. The molecule has 2 rings (SSSR count). The molecule has 4 N–H and O–H groups in total. The molecule has 0 amide bonds. The van der Waals surface area contributed by atoms with Crippen LogP contribution in [0.3, 0.4) is 0 Å². The van der Waals surface area contributed by atoms with E-state index in [9.17, 15) is 5.21 Å². The molecule has 2 saturated heterocycles. The maximum atomic E-state index is 12.6. The highest BCUT2D eigenvalue weighted by Gasteiger charge is 2.56. The molecule has 2 heterocycles. The Balaban J connectivity index is 2.31. The van der Waals surface area contributed by atoms with E-state index in [-0.39, 0.29) is 17.1 Å². The minimum Gasteiger partial charge on any atom is -0.328 e. The zero-order chi connectivity index (χ0) is 18.8. The number of nitrogens with two attached hydrogens (primary N) is 2. The van der Waals surface area contributed by atoms with E-state index in [4.69, 9.17) is 16.3 Å². The van der Waals surface area contributed by atoms with E-state index >= 15 is 0 Å². The van der Waals surface area contributed by atoms with Crippen molar-refractivity contribution < 1.29 is 10.0 Å². The predicted molar refractivity (Wildman–Crippen MR) is 95.1 cm³/mol. The van der Waals surface area contributed by atoms with E-state index in [2.05, 4.69) is 32.8 Å². The van der Waals surface area contributed by atoms with Crippen molar-refractivity contribution in [2.24, 2.45) is 11.5 Å². The Kier molecular flexibility index (Phi) is 4.71. The van der Waals surface area contributed by atoms with Crippen molar-refractivity contribution in [2.75, 3.05) is 0 Å². The van der Waals surface area contributed by atoms with Gasteiger partial charge in [-0.15, -0.1) is 10.3 Å². The van der Waals surface area contributed by atoms with Gasteiger partial charge in [-0.25, -0.2) is 0 Å². The molecule has 0 aromatic carbocycles. The molecule has 1 radical (unpaired) electrons. The van der Waals surface area contributed by atoms with Crippen LogP contribution in [0.4, 0.5) is 0 Å². The van der Waals surface area contributed by atoms with Crippen molar-refractivity contribution in [3.05, 3.63) is 0 Å². The van der Waals surface area contributed by atoms with E-state index in [1.165, 1.54) is 5.06 Å². The lowest BCUT2D eigenvalue weighted by Crippen LogP contribution is -2.72. The highest BCUT2D eigenvalue weighted by atomic mass is 16.7. The molecular weight excluding hydrogens is 304 g/mol. The minimum absolute atomic E-state index is 0.153. The molecule has 0 unspecified atom stereocenters. The predicted octanol–water partition coefficient (Wildman–Crippen LogP) is 2.55. The largest absolute Gasteiger partial charge is 0.328 e. The van der Waals surface area contributed by atoms with Gasteiger partial charge in [0.2, 0.25) is 0 Å². The molecule has 6 nitrogen and oxygen atoms in total. The summed E-state index contributed by atoms with van der Waals surface area (Å²) in [5, 5.41) is 15.9. The average Bonchev–Trinajstić information content (AvgIpc) is 2.28. The Morgan fingerprint density at radius 1 is 0.833 bits per heavy atom. The number of hydroxylamine groups is 4. The van der Waals surface area contributed by atoms with Gasteiger partial charge in [0.1, 0.15) is 5.72 Å². The van der Waals surface area contributed by atoms with Gasteiger partial charge in [-0.1, -0.05) is 0 Å². The van der Waals surface area contributed by atoms with E-state index in [0.717, 1.165) is 12.8 Å². The van der Waals surface area contributed by atoms with Crippen molar-refractivity contribution in [1.82, 2.24) is 10.1 Å². The Bertz CT molecular complexity index is 451. The maximum Gasteiger partial charge on any atom is 0.141 e. The molecule has 2 aliphatic heterocycles. The van der Waals surface area contributed by atoms with Crippen LogP contribution in [0.5, 0.6) is 0 Å². The van der Waals surface area contributed by atoms with Crippen LogP contribution in [0.2, 0.25) is 0 Å². The monoisotopic (exact) mass is 341 g/mol. The van der Waals surface area contributed by atoms with E-state index in [0.29, 0.717) is 12.8 Å². The topological polar surface area (TPSA) is 87.7 Å². The molecule has 0 spiro atoms. The molecule has 0 aromatic heterocycles. The second-order valence-electron chi connectivity index (χ2n) is 10.5. The van der Waals surface area contributed by atoms with E-state index in [1.807, 2.05) is 27.7 Å². The third-order valence-electron chi connectivity index (χ3n) is 5.46.